The minimum atomic E-state index is -0.441. The zero-order valence-corrected chi connectivity index (χ0v) is 13.3. The Bertz CT molecular complexity index is 713. The number of nitro benzene ring substituents is 1. The SMILES string of the molecule is Cc1nn(C)cc1C(C)NC(=S)Nc1cccc([N+](=O)[O-])c1. The average molecular weight is 319 g/mol. The number of aromatic nitrogens is 2. The van der Waals surface area contributed by atoms with E-state index in [2.05, 4.69) is 15.7 Å². The molecule has 116 valence electrons. The van der Waals surface area contributed by atoms with Crippen molar-refractivity contribution in [3.05, 3.63) is 51.8 Å². The number of rotatable bonds is 4. The number of aryl methyl sites for hydroxylation is 2. The summed E-state index contributed by atoms with van der Waals surface area (Å²) < 4.78 is 1.75. The van der Waals surface area contributed by atoms with Gasteiger partial charge < -0.3 is 10.6 Å². The van der Waals surface area contributed by atoms with Gasteiger partial charge in [-0.15, -0.1) is 0 Å². The van der Waals surface area contributed by atoms with E-state index in [1.54, 1.807) is 16.8 Å². The topological polar surface area (TPSA) is 85.0 Å². The van der Waals surface area contributed by atoms with Crippen LogP contribution in [-0.4, -0.2) is 19.8 Å². The number of hydrogen-bond acceptors (Lipinski definition) is 4. The van der Waals surface area contributed by atoms with Gasteiger partial charge in [-0.05, 0) is 32.1 Å². The van der Waals surface area contributed by atoms with Crippen LogP contribution in [0.5, 0.6) is 0 Å². The van der Waals surface area contributed by atoms with Gasteiger partial charge in [0.1, 0.15) is 0 Å². The van der Waals surface area contributed by atoms with E-state index in [1.165, 1.54) is 12.1 Å². The van der Waals surface area contributed by atoms with Gasteiger partial charge in [-0.3, -0.25) is 14.8 Å². The molecule has 0 radical (unpaired) electrons. The van der Waals surface area contributed by atoms with Crippen molar-refractivity contribution in [2.24, 2.45) is 7.05 Å². The van der Waals surface area contributed by atoms with Gasteiger partial charge in [0.2, 0.25) is 0 Å². The van der Waals surface area contributed by atoms with E-state index in [9.17, 15) is 10.1 Å². The Kier molecular flexibility index (Phi) is 4.71. The highest BCUT2D eigenvalue weighted by atomic mass is 32.1. The first-order valence-electron chi connectivity index (χ1n) is 6.69. The molecule has 1 aromatic heterocycles. The van der Waals surface area contributed by atoms with Gasteiger partial charge in [0.25, 0.3) is 5.69 Å². The highest BCUT2D eigenvalue weighted by Gasteiger charge is 2.13. The molecule has 0 fully saturated rings. The maximum absolute atomic E-state index is 10.8. The predicted octanol–water partition coefficient (Wildman–Crippen LogP) is 2.68. The van der Waals surface area contributed by atoms with E-state index in [0.29, 0.717) is 10.8 Å². The Balaban J connectivity index is 2.02. The number of nitro groups is 1. The lowest BCUT2D eigenvalue weighted by Gasteiger charge is -2.16. The summed E-state index contributed by atoms with van der Waals surface area (Å²) in [6.07, 6.45) is 1.93. The Morgan fingerprint density at radius 1 is 1.50 bits per heavy atom. The van der Waals surface area contributed by atoms with Gasteiger partial charge in [-0.2, -0.15) is 5.10 Å². The lowest BCUT2D eigenvalue weighted by molar-refractivity contribution is -0.384. The average Bonchev–Trinajstić information content (AvgIpc) is 2.77. The normalized spacial score (nSPS) is 11.8. The van der Waals surface area contributed by atoms with Crippen molar-refractivity contribution in [1.29, 1.82) is 0 Å². The summed E-state index contributed by atoms with van der Waals surface area (Å²) in [6, 6.07) is 6.18. The quantitative estimate of drug-likeness (QED) is 0.512. The molecule has 1 heterocycles. The first kappa shape index (κ1) is 15.9. The third-order valence-corrected chi connectivity index (χ3v) is 3.40. The highest BCUT2D eigenvalue weighted by Crippen LogP contribution is 2.18. The summed E-state index contributed by atoms with van der Waals surface area (Å²) in [5.74, 6) is 0. The molecule has 2 rings (SSSR count). The third kappa shape index (κ3) is 3.79. The lowest BCUT2D eigenvalue weighted by atomic mass is 10.1. The number of nitrogens with one attached hydrogen (secondary N) is 2. The second-order valence-corrected chi connectivity index (χ2v) is 5.38. The molecule has 0 saturated heterocycles. The largest absolute Gasteiger partial charge is 0.356 e. The van der Waals surface area contributed by atoms with Crippen LogP contribution in [0.2, 0.25) is 0 Å². The van der Waals surface area contributed by atoms with E-state index in [-0.39, 0.29) is 11.7 Å². The predicted molar refractivity (Wildman–Crippen MR) is 88.8 cm³/mol. The van der Waals surface area contributed by atoms with Crippen molar-refractivity contribution in [2.75, 3.05) is 5.32 Å². The van der Waals surface area contributed by atoms with Gasteiger partial charge >= 0.3 is 0 Å². The summed E-state index contributed by atoms with van der Waals surface area (Å²) in [6.45, 7) is 3.91. The van der Waals surface area contributed by atoms with Crippen molar-refractivity contribution in [3.8, 4) is 0 Å². The number of hydrogen-bond donors (Lipinski definition) is 2. The van der Waals surface area contributed by atoms with Gasteiger partial charge in [0.15, 0.2) is 5.11 Å². The number of anilines is 1. The number of benzene rings is 1. The fourth-order valence-corrected chi connectivity index (χ4v) is 2.48. The van der Waals surface area contributed by atoms with Crippen molar-refractivity contribution in [3.63, 3.8) is 0 Å². The van der Waals surface area contributed by atoms with Crippen LogP contribution in [0, 0.1) is 17.0 Å². The van der Waals surface area contributed by atoms with Crippen LogP contribution in [0.3, 0.4) is 0 Å². The smallest absolute Gasteiger partial charge is 0.271 e. The first-order valence-corrected chi connectivity index (χ1v) is 7.09. The van der Waals surface area contributed by atoms with Crippen LogP contribution in [0.4, 0.5) is 11.4 Å². The van der Waals surface area contributed by atoms with Gasteiger partial charge in [0.05, 0.1) is 16.7 Å². The second kappa shape index (κ2) is 6.52. The molecule has 2 N–H and O–H groups in total. The molecule has 0 amide bonds. The van der Waals surface area contributed by atoms with Crippen LogP contribution < -0.4 is 10.6 Å². The first-order chi connectivity index (χ1) is 10.4. The summed E-state index contributed by atoms with van der Waals surface area (Å²) in [4.78, 5) is 10.3. The summed E-state index contributed by atoms with van der Waals surface area (Å²) >= 11 is 5.25. The molecule has 8 heteroatoms. The van der Waals surface area contributed by atoms with Crippen molar-refractivity contribution < 1.29 is 4.92 Å². The van der Waals surface area contributed by atoms with Gasteiger partial charge in [-0.25, -0.2) is 0 Å². The monoisotopic (exact) mass is 319 g/mol. The minimum absolute atomic E-state index is 0.0175. The summed E-state index contributed by atoms with van der Waals surface area (Å²) in [5, 5.41) is 21.6. The minimum Gasteiger partial charge on any atom is -0.356 e. The molecule has 0 bridgehead atoms. The lowest BCUT2D eigenvalue weighted by Crippen LogP contribution is -2.31. The molecule has 22 heavy (non-hydrogen) atoms. The molecular weight excluding hydrogens is 302 g/mol. The molecule has 1 atom stereocenters. The molecule has 1 unspecified atom stereocenters. The van der Waals surface area contributed by atoms with E-state index < -0.39 is 4.92 Å². The summed E-state index contributed by atoms with van der Waals surface area (Å²) in [5.41, 5.74) is 2.57. The van der Waals surface area contributed by atoms with Gasteiger partial charge in [-0.1, -0.05) is 6.07 Å². The molecule has 0 saturated carbocycles. The molecular formula is C14H17N5O2S. The van der Waals surface area contributed by atoms with Crippen molar-refractivity contribution >= 4 is 28.7 Å². The maximum Gasteiger partial charge on any atom is 0.271 e. The number of nitrogens with zero attached hydrogens (tertiary/aromatic N) is 3. The Morgan fingerprint density at radius 3 is 2.82 bits per heavy atom. The standard InChI is InChI=1S/C14H17N5O2S/c1-9(13-8-18(3)17-10(13)2)15-14(22)16-11-5-4-6-12(7-11)19(20)21/h4-9H,1-3H3,(H2,15,16,22). The molecule has 0 aliphatic heterocycles. The third-order valence-electron chi connectivity index (χ3n) is 3.18. The Morgan fingerprint density at radius 2 is 2.23 bits per heavy atom. The maximum atomic E-state index is 10.8. The Labute approximate surface area is 133 Å². The molecule has 0 aliphatic carbocycles. The molecule has 0 spiro atoms. The van der Waals surface area contributed by atoms with Crippen LogP contribution in [0.1, 0.15) is 24.2 Å². The van der Waals surface area contributed by atoms with E-state index in [0.717, 1.165) is 11.3 Å². The second-order valence-electron chi connectivity index (χ2n) is 4.97. The molecule has 2 aromatic rings. The molecule has 1 aromatic carbocycles. The highest BCUT2D eigenvalue weighted by molar-refractivity contribution is 7.80. The van der Waals surface area contributed by atoms with Crippen LogP contribution in [0.25, 0.3) is 0 Å². The van der Waals surface area contributed by atoms with Gasteiger partial charge in [0, 0.05) is 36.6 Å². The summed E-state index contributed by atoms with van der Waals surface area (Å²) in [7, 11) is 1.86. The fraction of sp³-hybridized carbons (Fsp3) is 0.286. The van der Waals surface area contributed by atoms with E-state index in [4.69, 9.17) is 12.2 Å². The molecule has 0 aliphatic rings. The van der Waals surface area contributed by atoms with Crippen LogP contribution >= 0.6 is 12.2 Å². The van der Waals surface area contributed by atoms with E-state index >= 15 is 0 Å². The molecule has 7 nitrogen and oxygen atoms in total. The zero-order chi connectivity index (χ0) is 16.3. The number of thiocarbonyl (C=S) groups is 1. The van der Waals surface area contributed by atoms with Crippen molar-refractivity contribution in [1.82, 2.24) is 15.1 Å². The van der Waals surface area contributed by atoms with Crippen LogP contribution in [0.15, 0.2) is 30.5 Å². The van der Waals surface area contributed by atoms with Crippen molar-refractivity contribution in [2.45, 2.75) is 19.9 Å². The van der Waals surface area contributed by atoms with Crippen LogP contribution in [-0.2, 0) is 7.05 Å². The van der Waals surface area contributed by atoms with E-state index in [1.807, 2.05) is 27.1 Å². The Hall–Kier alpha value is -2.48. The number of non-ortho nitro benzene ring substituents is 1. The fourth-order valence-electron chi connectivity index (χ4n) is 2.18. The zero-order valence-electron chi connectivity index (χ0n) is 12.5.